The van der Waals surface area contributed by atoms with Crippen molar-refractivity contribution in [2.75, 3.05) is 39.8 Å². The van der Waals surface area contributed by atoms with Crippen molar-refractivity contribution in [1.29, 1.82) is 0 Å². The summed E-state index contributed by atoms with van der Waals surface area (Å²) in [7, 11) is 2.30. The molecule has 1 aliphatic carbocycles. The van der Waals surface area contributed by atoms with Crippen molar-refractivity contribution < 1.29 is 4.74 Å². The first kappa shape index (κ1) is 17.2. The smallest absolute Gasteiger partial charge is 0.0701 e. The van der Waals surface area contributed by atoms with E-state index < -0.39 is 0 Å². The van der Waals surface area contributed by atoms with Crippen LogP contribution in [-0.2, 0) is 4.74 Å². The molecule has 1 saturated carbocycles. The van der Waals surface area contributed by atoms with E-state index in [9.17, 15) is 0 Å². The average molecular weight is 296 g/mol. The summed E-state index contributed by atoms with van der Waals surface area (Å²) in [6.07, 6.45) is 9.90. The summed E-state index contributed by atoms with van der Waals surface area (Å²) in [4.78, 5) is 2.54. The SMILES string of the molecule is CCNCC1(CN(C)CC2CCCCO2)CCC(C)CC1. The van der Waals surface area contributed by atoms with Gasteiger partial charge in [0.1, 0.15) is 0 Å². The maximum atomic E-state index is 5.91. The summed E-state index contributed by atoms with van der Waals surface area (Å²) in [5.74, 6) is 0.923. The molecule has 0 amide bonds. The number of likely N-dealkylation sites (N-methyl/N-ethyl adjacent to an activating group) is 1. The Balaban J connectivity index is 1.84. The van der Waals surface area contributed by atoms with Gasteiger partial charge in [0.2, 0.25) is 0 Å². The second-order valence-electron chi connectivity index (χ2n) is 7.65. The van der Waals surface area contributed by atoms with E-state index in [0.717, 1.165) is 25.6 Å². The number of ether oxygens (including phenoxy) is 1. The molecule has 1 N–H and O–H groups in total. The molecule has 1 atom stereocenters. The molecule has 2 aliphatic rings. The molecule has 3 nitrogen and oxygen atoms in total. The predicted molar refractivity (Wildman–Crippen MR) is 89.7 cm³/mol. The van der Waals surface area contributed by atoms with Gasteiger partial charge in [-0.3, -0.25) is 0 Å². The number of nitrogens with zero attached hydrogens (tertiary/aromatic N) is 1. The van der Waals surface area contributed by atoms with E-state index in [1.54, 1.807) is 0 Å². The van der Waals surface area contributed by atoms with Crippen LogP contribution in [0.3, 0.4) is 0 Å². The molecule has 1 unspecified atom stereocenters. The summed E-state index contributed by atoms with van der Waals surface area (Å²) >= 11 is 0. The number of hydrogen-bond donors (Lipinski definition) is 1. The Labute approximate surface area is 131 Å². The molecule has 2 rings (SSSR count). The number of nitrogens with one attached hydrogen (secondary N) is 1. The van der Waals surface area contributed by atoms with Crippen LogP contribution in [0.15, 0.2) is 0 Å². The van der Waals surface area contributed by atoms with Crippen LogP contribution in [-0.4, -0.2) is 50.8 Å². The Kier molecular flexibility index (Phi) is 6.97. The zero-order valence-electron chi connectivity index (χ0n) is 14.5. The lowest BCUT2D eigenvalue weighted by Gasteiger charge is -2.43. The predicted octanol–water partition coefficient (Wildman–Crippen LogP) is 3.29. The summed E-state index contributed by atoms with van der Waals surface area (Å²) in [6.45, 7) is 10.2. The molecule has 3 heteroatoms. The minimum Gasteiger partial charge on any atom is -0.377 e. The maximum absolute atomic E-state index is 5.91. The lowest BCUT2D eigenvalue weighted by atomic mass is 9.70. The Bertz CT molecular complexity index is 275. The molecule has 1 saturated heterocycles. The van der Waals surface area contributed by atoms with Gasteiger partial charge in [-0.15, -0.1) is 0 Å². The maximum Gasteiger partial charge on any atom is 0.0701 e. The van der Waals surface area contributed by atoms with Gasteiger partial charge < -0.3 is 15.0 Å². The molecular weight excluding hydrogens is 260 g/mol. The molecule has 124 valence electrons. The van der Waals surface area contributed by atoms with Crippen molar-refractivity contribution in [2.24, 2.45) is 11.3 Å². The average Bonchev–Trinajstić information content (AvgIpc) is 2.49. The molecule has 0 spiro atoms. The van der Waals surface area contributed by atoms with E-state index in [-0.39, 0.29) is 0 Å². The van der Waals surface area contributed by atoms with Gasteiger partial charge in [-0.25, -0.2) is 0 Å². The van der Waals surface area contributed by atoms with Gasteiger partial charge in [0.25, 0.3) is 0 Å². The van der Waals surface area contributed by atoms with Crippen LogP contribution < -0.4 is 5.32 Å². The van der Waals surface area contributed by atoms with Crippen molar-refractivity contribution in [3.8, 4) is 0 Å². The number of rotatable bonds is 7. The molecule has 1 aliphatic heterocycles. The Morgan fingerprint density at radius 3 is 2.57 bits per heavy atom. The third-order valence-corrected chi connectivity index (χ3v) is 5.48. The molecule has 0 radical (unpaired) electrons. The highest BCUT2D eigenvalue weighted by Gasteiger charge is 2.35. The summed E-state index contributed by atoms with van der Waals surface area (Å²) in [5, 5.41) is 3.62. The zero-order valence-corrected chi connectivity index (χ0v) is 14.5. The first-order chi connectivity index (χ1) is 10.1. The molecule has 0 aromatic rings. The van der Waals surface area contributed by atoms with Gasteiger partial charge in [0.15, 0.2) is 0 Å². The first-order valence-electron chi connectivity index (χ1n) is 9.14. The van der Waals surface area contributed by atoms with Crippen LogP contribution in [0.4, 0.5) is 0 Å². The van der Waals surface area contributed by atoms with Gasteiger partial charge in [-0.2, -0.15) is 0 Å². The van der Waals surface area contributed by atoms with E-state index >= 15 is 0 Å². The van der Waals surface area contributed by atoms with Crippen LogP contribution in [0.1, 0.15) is 58.8 Å². The highest BCUT2D eigenvalue weighted by atomic mass is 16.5. The molecule has 0 aromatic carbocycles. The molecule has 1 heterocycles. The lowest BCUT2D eigenvalue weighted by Crippen LogP contribution is -2.47. The third kappa shape index (κ3) is 5.54. The van der Waals surface area contributed by atoms with Crippen molar-refractivity contribution in [3.63, 3.8) is 0 Å². The second-order valence-corrected chi connectivity index (χ2v) is 7.65. The van der Waals surface area contributed by atoms with Crippen molar-refractivity contribution in [3.05, 3.63) is 0 Å². The van der Waals surface area contributed by atoms with Gasteiger partial charge in [0, 0.05) is 26.2 Å². The highest BCUT2D eigenvalue weighted by molar-refractivity contribution is 4.89. The molecule has 2 fully saturated rings. The van der Waals surface area contributed by atoms with E-state index in [0.29, 0.717) is 11.5 Å². The minimum absolute atomic E-state index is 0.474. The normalized spacial score (nSPS) is 34.3. The quantitative estimate of drug-likeness (QED) is 0.780. The van der Waals surface area contributed by atoms with Gasteiger partial charge in [0.05, 0.1) is 6.10 Å². The molecule has 0 bridgehead atoms. The molecule has 0 aromatic heterocycles. The monoisotopic (exact) mass is 296 g/mol. The minimum atomic E-state index is 0.474. The van der Waals surface area contributed by atoms with Gasteiger partial charge >= 0.3 is 0 Å². The fraction of sp³-hybridized carbons (Fsp3) is 1.00. The van der Waals surface area contributed by atoms with Crippen LogP contribution in [0.5, 0.6) is 0 Å². The van der Waals surface area contributed by atoms with E-state index in [1.165, 1.54) is 58.0 Å². The van der Waals surface area contributed by atoms with E-state index in [2.05, 4.69) is 31.1 Å². The van der Waals surface area contributed by atoms with Crippen molar-refractivity contribution in [1.82, 2.24) is 10.2 Å². The summed E-state index contributed by atoms with van der Waals surface area (Å²) in [6, 6.07) is 0. The van der Waals surface area contributed by atoms with Gasteiger partial charge in [-0.1, -0.05) is 26.7 Å². The van der Waals surface area contributed by atoms with E-state index in [4.69, 9.17) is 4.74 Å². The highest BCUT2D eigenvalue weighted by Crippen LogP contribution is 2.39. The van der Waals surface area contributed by atoms with Crippen LogP contribution in [0, 0.1) is 11.3 Å². The molecular formula is C18H36N2O. The largest absolute Gasteiger partial charge is 0.377 e. The summed E-state index contributed by atoms with van der Waals surface area (Å²) < 4.78 is 5.91. The van der Waals surface area contributed by atoms with Crippen LogP contribution in [0.2, 0.25) is 0 Å². The van der Waals surface area contributed by atoms with Crippen molar-refractivity contribution in [2.45, 2.75) is 64.9 Å². The van der Waals surface area contributed by atoms with E-state index in [1.807, 2.05) is 0 Å². The summed E-state index contributed by atoms with van der Waals surface area (Å²) in [5.41, 5.74) is 0.492. The Morgan fingerprint density at radius 1 is 1.19 bits per heavy atom. The molecule has 21 heavy (non-hydrogen) atoms. The fourth-order valence-corrected chi connectivity index (χ4v) is 4.09. The second kappa shape index (κ2) is 8.50. The van der Waals surface area contributed by atoms with Crippen molar-refractivity contribution >= 4 is 0 Å². The fourth-order valence-electron chi connectivity index (χ4n) is 4.09. The Morgan fingerprint density at radius 2 is 1.95 bits per heavy atom. The topological polar surface area (TPSA) is 24.5 Å². The first-order valence-corrected chi connectivity index (χ1v) is 9.14. The lowest BCUT2D eigenvalue weighted by molar-refractivity contribution is -0.0116. The standard InChI is InChI=1S/C18H36N2O/c1-4-19-14-18(10-8-16(2)9-11-18)15-20(3)13-17-7-5-6-12-21-17/h16-17,19H,4-15H2,1-3H3. The zero-order chi connectivity index (χ0) is 15.1. The van der Waals surface area contributed by atoms with Crippen LogP contribution >= 0.6 is 0 Å². The number of hydrogen-bond acceptors (Lipinski definition) is 3. The van der Waals surface area contributed by atoms with Crippen LogP contribution in [0.25, 0.3) is 0 Å². The van der Waals surface area contributed by atoms with Gasteiger partial charge in [-0.05, 0) is 57.0 Å². The third-order valence-electron chi connectivity index (χ3n) is 5.48. The Hall–Kier alpha value is -0.120.